The van der Waals surface area contributed by atoms with Crippen LogP contribution in [0.3, 0.4) is 0 Å². The summed E-state index contributed by atoms with van der Waals surface area (Å²) in [6, 6.07) is 18.0. The lowest BCUT2D eigenvalue weighted by Gasteiger charge is -2.22. The monoisotopic (exact) mass is 256 g/mol. The van der Waals surface area contributed by atoms with E-state index in [9.17, 15) is 5.11 Å². The van der Waals surface area contributed by atoms with Gasteiger partial charge in [0.15, 0.2) is 0 Å². The van der Waals surface area contributed by atoms with Gasteiger partial charge in [-0.2, -0.15) is 0 Å². The second-order valence-electron chi connectivity index (χ2n) is 4.83. The highest BCUT2D eigenvalue weighted by Gasteiger charge is 2.20. The second kappa shape index (κ2) is 6.50. The quantitative estimate of drug-likeness (QED) is 0.889. The van der Waals surface area contributed by atoms with Gasteiger partial charge >= 0.3 is 0 Å². The summed E-state index contributed by atoms with van der Waals surface area (Å²) < 4.78 is 5.45. The molecule has 2 aromatic carbocycles. The van der Waals surface area contributed by atoms with Crippen LogP contribution in [0.1, 0.15) is 22.8 Å². The normalized spacial score (nSPS) is 14.1. The summed E-state index contributed by atoms with van der Waals surface area (Å²) in [7, 11) is 1.64. The summed E-state index contributed by atoms with van der Waals surface area (Å²) in [5.74, 6) is 0. The van der Waals surface area contributed by atoms with Crippen LogP contribution in [-0.2, 0) is 11.2 Å². The molecular formula is C17H20O2. The largest absolute Gasteiger partial charge is 0.390 e. The fraction of sp³-hybridized carbons (Fsp3) is 0.294. The predicted molar refractivity (Wildman–Crippen MR) is 77.1 cm³/mol. The minimum absolute atomic E-state index is 0.290. The smallest absolute Gasteiger partial charge is 0.108 e. The summed E-state index contributed by atoms with van der Waals surface area (Å²) >= 11 is 0. The molecule has 19 heavy (non-hydrogen) atoms. The van der Waals surface area contributed by atoms with Crippen molar-refractivity contribution in [2.24, 2.45) is 0 Å². The highest BCUT2D eigenvalue weighted by Crippen LogP contribution is 2.23. The van der Waals surface area contributed by atoms with Gasteiger partial charge in [-0.05, 0) is 18.1 Å². The van der Waals surface area contributed by atoms with Gasteiger partial charge in [-0.15, -0.1) is 0 Å². The third-order valence-corrected chi connectivity index (χ3v) is 3.26. The third kappa shape index (κ3) is 3.66. The van der Waals surface area contributed by atoms with Crippen LogP contribution in [0.15, 0.2) is 54.6 Å². The van der Waals surface area contributed by atoms with Gasteiger partial charge in [0, 0.05) is 13.5 Å². The lowest BCUT2D eigenvalue weighted by atomic mass is 9.97. The van der Waals surface area contributed by atoms with Gasteiger partial charge < -0.3 is 9.84 Å². The SMILES string of the molecule is COC(c1ccccc1)C(O)Cc1cccc(C)c1. The molecule has 0 fully saturated rings. The number of aryl methyl sites for hydroxylation is 1. The van der Waals surface area contributed by atoms with Crippen LogP contribution in [0.4, 0.5) is 0 Å². The Balaban J connectivity index is 2.11. The lowest BCUT2D eigenvalue weighted by molar-refractivity contribution is -0.0128. The molecule has 0 aliphatic rings. The van der Waals surface area contributed by atoms with Crippen molar-refractivity contribution in [3.05, 3.63) is 71.3 Å². The van der Waals surface area contributed by atoms with E-state index in [1.54, 1.807) is 7.11 Å². The topological polar surface area (TPSA) is 29.5 Å². The summed E-state index contributed by atoms with van der Waals surface area (Å²) in [4.78, 5) is 0. The average molecular weight is 256 g/mol. The molecule has 2 nitrogen and oxygen atoms in total. The third-order valence-electron chi connectivity index (χ3n) is 3.26. The molecule has 2 heteroatoms. The molecule has 0 saturated heterocycles. The second-order valence-corrected chi connectivity index (χ2v) is 4.83. The molecule has 0 amide bonds. The number of rotatable bonds is 5. The van der Waals surface area contributed by atoms with Gasteiger partial charge in [-0.1, -0.05) is 60.2 Å². The molecule has 2 rings (SSSR count). The van der Waals surface area contributed by atoms with E-state index in [2.05, 4.69) is 19.1 Å². The number of methoxy groups -OCH3 is 1. The molecule has 0 saturated carbocycles. The number of ether oxygens (including phenoxy) is 1. The fourth-order valence-electron chi connectivity index (χ4n) is 2.35. The molecule has 1 N–H and O–H groups in total. The van der Waals surface area contributed by atoms with E-state index in [0.717, 1.165) is 11.1 Å². The highest BCUT2D eigenvalue weighted by molar-refractivity contribution is 5.24. The predicted octanol–water partition coefficient (Wildman–Crippen LogP) is 3.29. The molecule has 0 heterocycles. The Morgan fingerprint density at radius 2 is 1.79 bits per heavy atom. The van der Waals surface area contributed by atoms with E-state index in [-0.39, 0.29) is 6.10 Å². The number of aliphatic hydroxyl groups excluding tert-OH is 1. The van der Waals surface area contributed by atoms with Gasteiger partial charge in [0.25, 0.3) is 0 Å². The first kappa shape index (κ1) is 13.8. The Hall–Kier alpha value is -1.64. The Morgan fingerprint density at radius 1 is 1.05 bits per heavy atom. The molecule has 2 unspecified atom stereocenters. The van der Waals surface area contributed by atoms with Crippen molar-refractivity contribution in [3.63, 3.8) is 0 Å². The van der Waals surface area contributed by atoms with E-state index in [4.69, 9.17) is 4.74 Å². The van der Waals surface area contributed by atoms with Gasteiger partial charge in [0.05, 0.1) is 6.10 Å². The van der Waals surface area contributed by atoms with E-state index < -0.39 is 6.10 Å². The van der Waals surface area contributed by atoms with E-state index in [0.29, 0.717) is 6.42 Å². The van der Waals surface area contributed by atoms with Crippen molar-refractivity contribution in [3.8, 4) is 0 Å². The van der Waals surface area contributed by atoms with Gasteiger partial charge in [0.1, 0.15) is 6.10 Å². The van der Waals surface area contributed by atoms with Crippen molar-refractivity contribution < 1.29 is 9.84 Å². The Bertz CT molecular complexity index is 508. The first-order chi connectivity index (χ1) is 9.20. The van der Waals surface area contributed by atoms with Crippen LogP contribution < -0.4 is 0 Å². The van der Waals surface area contributed by atoms with Crippen molar-refractivity contribution >= 4 is 0 Å². The average Bonchev–Trinajstić information content (AvgIpc) is 2.41. The molecule has 0 spiro atoms. The van der Waals surface area contributed by atoms with Crippen molar-refractivity contribution in [1.29, 1.82) is 0 Å². The zero-order valence-electron chi connectivity index (χ0n) is 11.4. The van der Waals surface area contributed by atoms with Crippen LogP contribution in [0.5, 0.6) is 0 Å². The van der Waals surface area contributed by atoms with Gasteiger partial charge in [-0.25, -0.2) is 0 Å². The Kier molecular flexibility index (Phi) is 4.72. The maximum atomic E-state index is 10.4. The van der Waals surface area contributed by atoms with E-state index >= 15 is 0 Å². The highest BCUT2D eigenvalue weighted by atomic mass is 16.5. The first-order valence-corrected chi connectivity index (χ1v) is 6.52. The zero-order chi connectivity index (χ0) is 13.7. The molecule has 100 valence electrons. The van der Waals surface area contributed by atoms with Crippen LogP contribution >= 0.6 is 0 Å². The Morgan fingerprint density at radius 3 is 2.42 bits per heavy atom. The lowest BCUT2D eigenvalue weighted by Crippen LogP contribution is -2.22. The number of hydrogen-bond donors (Lipinski definition) is 1. The maximum Gasteiger partial charge on any atom is 0.108 e. The summed E-state index contributed by atoms with van der Waals surface area (Å²) in [6.45, 7) is 2.06. The number of benzene rings is 2. The molecule has 0 aliphatic heterocycles. The fourth-order valence-corrected chi connectivity index (χ4v) is 2.35. The van der Waals surface area contributed by atoms with Gasteiger partial charge in [-0.3, -0.25) is 0 Å². The van der Waals surface area contributed by atoms with Crippen molar-refractivity contribution in [1.82, 2.24) is 0 Å². The Labute approximate surface area is 114 Å². The van der Waals surface area contributed by atoms with Crippen molar-refractivity contribution in [2.75, 3.05) is 7.11 Å². The van der Waals surface area contributed by atoms with Crippen LogP contribution in [-0.4, -0.2) is 18.3 Å². The maximum absolute atomic E-state index is 10.4. The van der Waals surface area contributed by atoms with E-state index in [1.807, 2.05) is 42.5 Å². The van der Waals surface area contributed by atoms with Crippen LogP contribution in [0.25, 0.3) is 0 Å². The van der Waals surface area contributed by atoms with E-state index in [1.165, 1.54) is 5.56 Å². The van der Waals surface area contributed by atoms with Crippen molar-refractivity contribution in [2.45, 2.75) is 25.6 Å². The summed E-state index contributed by atoms with van der Waals surface area (Å²) in [5.41, 5.74) is 3.34. The van der Waals surface area contributed by atoms with Crippen LogP contribution in [0.2, 0.25) is 0 Å². The molecule has 0 bridgehead atoms. The van der Waals surface area contributed by atoms with Crippen LogP contribution in [0, 0.1) is 6.92 Å². The summed E-state index contributed by atoms with van der Waals surface area (Å²) in [6.07, 6.45) is -0.245. The number of hydrogen-bond acceptors (Lipinski definition) is 2. The zero-order valence-corrected chi connectivity index (χ0v) is 11.4. The molecule has 2 aromatic rings. The molecule has 2 atom stereocenters. The molecule has 0 radical (unpaired) electrons. The molecule has 0 aromatic heterocycles. The molecular weight excluding hydrogens is 236 g/mol. The minimum Gasteiger partial charge on any atom is -0.390 e. The first-order valence-electron chi connectivity index (χ1n) is 6.52. The summed E-state index contributed by atoms with van der Waals surface area (Å²) in [5, 5.41) is 10.4. The number of aliphatic hydroxyl groups is 1. The standard InChI is InChI=1S/C17H20O2/c1-13-7-6-8-14(11-13)12-16(18)17(19-2)15-9-4-3-5-10-15/h3-11,16-18H,12H2,1-2H3. The molecule has 0 aliphatic carbocycles. The van der Waals surface area contributed by atoms with Gasteiger partial charge in [0.2, 0.25) is 0 Å². The minimum atomic E-state index is -0.547.